The maximum Gasteiger partial charge on any atom is 0.295 e. The highest BCUT2D eigenvalue weighted by atomic mass is 32.2. The molecule has 0 bridgehead atoms. The van der Waals surface area contributed by atoms with Gasteiger partial charge in [0, 0.05) is 35.8 Å². The first-order valence-electron chi connectivity index (χ1n) is 17.2. The molecule has 0 atom stereocenters. The lowest BCUT2D eigenvalue weighted by atomic mass is 10.1. The first-order valence-corrected chi connectivity index (χ1v) is 20.1. The number of aliphatic hydroxyl groups is 2. The number of aliphatic hydroxyl groups excluding tert-OH is 2. The monoisotopic (exact) mass is 828 g/mol. The topological polar surface area (TPSA) is 299 Å². The second kappa shape index (κ2) is 18.4. The van der Waals surface area contributed by atoms with Gasteiger partial charge in [-0.3, -0.25) is 9.11 Å². The number of nitrogens with one attached hydrogen (secondary N) is 6. The first-order chi connectivity index (χ1) is 27.9. The van der Waals surface area contributed by atoms with Crippen LogP contribution in [0.4, 0.5) is 58.4 Å². The molecule has 2 heterocycles. The van der Waals surface area contributed by atoms with Crippen molar-refractivity contribution in [1.82, 2.24) is 29.9 Å². The molecule has 4 aromatic carbocycles. The number of aromatic nitrogens is 6. The summed E-state index contributed by atoms with van der Waals surface area (Å²) in [4.78, 5) is 24.7. The molecule has 0 aliphatic carbocycles. The number of anilines is 10. The van der Waals surface area contributed by atoms with E-state index in [9.17, 15) is 36.2 Å². The molecule has 300 valence electrons. The largest absolute Gasteiger partial charge is 0.395 e. The van der Waals surface area contributed by atoms with Gasteiger partial charge in [0.05, 0.1) is 13.2 Å². The van der Waals surface area contributed by atoms with Crippen molar-refractivity contribution in [2.24, 2.45) is 0 Å². The smallest absolute Gasteiger partial charge is 0.295 e. The van der Waals surface area contributed by atoms with Crippen LogP contribution in [-0.2, 0) is 20.2 Å². The van der Waals surface area contributed by atoms with Crippen molar-refractivity contribution in [2.75, 3.05) is 58.2 Å². The van der Waals surface area contributed by atoms with E-state index in [1.54, 1.807) is 24.3 Å². The summed E-state index contributed by atoms with van der Waals surface area (Å²) in [6.45, 7) is -0.123. The maximum absolute atomic E-state index is 12.6. The lowest BCUT2D eigenvalue weighted by molar-refractivity contribution is 0.310. The van der Waals surface area contributed by atoms with Crippen molar-refractivity contribution in [3.63, 3.8) is 0 Å². The molecule has 6 aromatic rings. The molecule has 10 N–H and O–H groups in total. The number of nitrogens with zero attached hydrogens (tertiary/aromatic N) is 6. The van der Waals surface area contributed by atoms with Gasteiger partial charge in [-0.25, -0.2) is 0 Å². The zero-order valence-corrected chi connectivity index (χ0v) is 31.8. The van der Waals surface area contributed by atoms with Gasteiger partial charge in [-0.05, 0) is 59.7 Å². The number of hydrogen-bond acceptors (Lipinski definition) is 18. The molecule has 2 aromatic heterocycles. The van der Waals surface area contributed by atoms with Crippen molar-refractivity contribution in [2.45, 2.75) is 9.79 Å². The third kappa shape index (κ3) is 11.4. The summed E-state index contributed by atoms with van der Waals surface area (Å²) < 4.78 is 70.7. The van der Waals surface area contributed by atoms with Gasteiger partial charge in [0.1, 0.15) is 9.79 Å². The van der Waals surface area contributed by atoms with Gasteiger partial charge in [-0.1, -0.05) is 60.7 Å². The van der Waals surface area contributed by atoms with E-state index >= 15 is 0 Å². The van der Waals surface area contributed by atoms with Crippen molar-refractivity contribution in [3.05, 3.63) is 108 Å². The molecule has 0 aliphatic heterocycles. The predicted octanol–water partition coefficient (Wildman–Crippen LogP) is 4.50. The summed E-state index contributed by atoms with van der Waals surface area (Å²) >= 11 is 0. The highest BCUT2D eigenvalue weighted by Gasteiger charge is 2.19. The Kier molecular flexibility index (Phi) is 13.0. The summed E-state index contributed by atoms with van der Waals surface area (Å²) in [5, 5.41) is 36.1. The van der Waals surface area contributed by atoms with Crippen LogP contribution in [0.3, 0.4) is 0 Å². The quantitative estimate of drug-likeness (QED) is 0.0421. The fourth-order valence-corrected chi connectivity index (χ4v) is 6.57. The van der Waals surface area contributed by atoms with E-state index < -0.39 is 30.0 Å². The molecular weight excluding hydrogens is 793 g/mol. The lowest BCUT2D eigenvalue weighted by Gasteiger charge is -2.13. The van der Waals surface area contributed by atoms with E-state index in [0.29, 0.717) is 11.4 Å². The highest BCUT2D eigenvalue weighted by molar-refractivity contribution is 7.86. The van der Waals surface area contributed by atoms with Gasteiger partial charge in [0.15, 0.2) is 0 Å². The summed E-state index contributed by atoms with van der Waals surface area (Å²) in [6.07, 6.45) is 2.50. The molecule has 22 heteroatoms. The molecule has 58 heavy (non-hydrogen) atoms. The van der Waals surface area contributed by atoms with Crippen LogP contribution in [0.2, 0.25) is 0 Å². The van der Waals surface area contributed by atoms with E-state index in [4.69, 9.17) is 0 Å². The molecule has 6 rings (SSSR count). The van der Waals surface area contributed by atoms with E-state index in [0.717, 1.165) is 12.1 Å². The SMILES string of the molecule is O=S(=O)(O)c1cc(Nc2nc(NCCO)nc(Nc3ccccc3)n2)ccc1/C=C\c1ccc(Nc2nc(NCCO)nc(Nc3ccccc3)n2)cc1S(=O)(=O)O. The molecule has 0 spiro atoms. The lowest BCUT2D eigenvalue weighted by Crippen LogP contribution is -2.12. The third-order valence-electron chi connectivity index (χ3n) is 7.66. The van der Waals surface area contributed by atoms with Crippen molar-refractivity contribution >= 4 is 90.8 Å². The average molecular weight is 829 g/mol. The number of benzene rings is 4. The Balaban J connectivity index is 1.27. The van der Waals surface area contributed by atoms with Crippen LogP contribution in [0.25, 0.3) is 12.2 Å². The van der Waals surface area contributed by atoms with Gasteiger partial charge in [-0.15, -0.1) is 0 Å². The Labute approximate surface area is 332 Å². The van der Waals surface area contributed by atoms with Crippen LogP contribution in [0, 0.1) is 0 Å². The predicted molar refractivity (Wildman–Crippen MR) is 218 cm³/mol. The highest BCUT2D eigenvalue weighted by Crippen LogP contribution is 2.29. The van der Waals surface area contributed by atoms with Crippen LogP contribution in [-0.4, -0.2) is 92.4 Å². The molecule has 0 unspecified atom stereocenters. The van der Waals surface area contributed by atoms with Gasteiger partial charge in [-0.2, -0.15) is 46.7 Å². The number of para-hydroxylation sites is 2. The van der Waals surface area contributed by atoms with Crippen LogP contribution < -0.4 is 31.9 Å². The zero-order valence-electron chi connectivity index (χ0n) is 30.1. The Bertz CT molecular complexity index is 2440. The van der Waals surface area contributed by atoms with Crippen molar-refractivity contribution in [3.8, 4) is 0 Å². The average Bonchev–Trinajstić information content (AvgIpc) is 3.19. The Morgan fingerprint density at radius 1 is 0.448 bits per heavy atom. The van der Waals surface area contributed by atoms with Crippen LogP contribution in [0.1, 0.15) is 11.1 Å². The summed E-state index contributed by atoms with van der Waals surface area (Å²) in [6, 6.07) is 26.0. The van der Waals surface area contributed by atoms with E-state index in [1.807, 2.05) is 36.4 Å². The van der Waals surface area contributed by atoms with Crippen molar-refractivity contribution in [1.29, 1.82) is 0 Å². The number of hydrogen-bond donors (Lipinski definition) is 10. The fourth-order valence-electron chi connectivity index (χ4n) is 5.15. The van der Waals surface area contributed by atoms with Gasteiger partial charge in [0.25, 0.3) is 20.2 Å². The fraction of sp³-hybridized carbons (Fsp3) is 0.111. The Hall–Kier alpha value is -6.82. The van der Waals surface area contributed by atoms with Crippen LogP contribution in [0.15, 0.2) is 107 Å². The molecule has 0 aliphatic rings. The Morgan fingerprint density at radius 3 is 1.10 bits per heavy atom. The molecule has 0 radical (unpaired) electrons. The van der Waals surface area contributed by atoms with E-state index in [1.165, 1.54) is 36.4 Å². The van der Waals surface area contributed by atoms with Crippen LogP contribution >= 0.6 is 0 Å². The van der Waals surface area contributed by atoms with Gasteiger partial charge >= 0.3 is 0 Å². The molecule has 0 amide bonds. The van der Waals surface area contributed by atoms with E-state index in [2.05, 4.69) is 61.8 Å². The minimum Gasteiger partial charge on any atom is -0.395 e. The second-order valence-corrected chi connectivity index (χ2v) is 14.7. The number of rotatable bonds is 18. The molecule has 0 saturated heterocycles. The summed E-state index contributed by atoms with van der Waals surface area (Å²) in [7, 11) is -9.70. The van der Waals surface area contributed by atoms with Crippen LogP contribution in [0.5, 0.6) is 0 Å². The first kappa shape index (κ1) is 40.8. The minimum atomic E-state index is -4.85. The molecule has 0 saturated carbocycles. The normalized spacial score (nSPS) is 11.6. The standard InChI is InChI=1S/C36H36N12O8S2/c49-19-17-37-31-43-33(39-25-7-3-1-4-8-25)47-35(45-31)41-27-15-13-23(29(21-27)57(51,52)53)11-12-24-14-16-28(22-30(24)58(54,55)56)42-36-46-32(38-18-20-50)44-34(48-36)40-26-9-5-2-6-10-26/h1-16,21-22,49-50H,17-20H2,(H,51,52,53)(H,54,55,56)(H3,37,39,41,43,45,47)(H3,38,40,42,44,46,48)/b12-11-. The second-order valence-electron chi connectivity index (χ2n) is 11.9. The summed E-state index contributed by atoms with van der Waals surface area (Å²) in [5.74, 6) is 0.452. The Morgan fingerprint density at radius 2 is 0.776 bits per heavy atom. The van der Waals surface area contributed by atoms with E-state index in [-0.39, 0.29) is 84.5 Å². The maximum atomic E-state index is 12.6. The molecule has 20 nitrogen and oxygen atoms in total. The summed E-state index contributed by atoms with van der Waals surface area (Å²) in [5.41, 5.74) is 1.59. The zero-order chi connectivity index (χ0) is 41.1. The third-order valence-corrected chi connectivity index (χ3v) is 9.48. The van der Waals surface area contributed by atoms with Gasteiger partial charge in [0.2, 0.25) is 35.7 Å². The van der Waals surface area contributed by atoms with Crippen molar-refractivity contribution < 1.29 is 36.2 Å². The molecular formula is C36H36N12O8S2. The minimum absolute atomic E-state index is 0.0107. The molecule has 0 fully saturated rings. The van der Waals surface area contributed by atoms with Gasteiger partial charge < -0.3 is 42.1 Å².